The fourth-order valence-corrected chi connectivity index (χ4v) is 12.0. The van der Waals surface area contributed by atoms with E-state index in [1.54, 1.807) is 75.7 Å². The van der Waals surface area contributed by atoms with E-state index in [0.29, 0.717) is 18.5 Å². The van der Waals surface area contributed by atoms with Crippen LogP contribution in [0.4, 0.5) is 10.1 Å². The molecule has 21 nitrogen and oxygen atoms in total. The summed E-state index contributed by atoms with van der Waals surface area (Å²) in [5.41, 5.74) is -5.43. The van der Waals surface area contributed by atoms with Gasteiger partial charge >= 0.3 is 17.9 Å². The number of ether oxygens (including phenoxy) is 8. The fourth-order valence-electron chi connectivity index (χ4n) is 11.4. The van der Waals surface area contributed by atoms with E-state index >= 15 is 4.39 Å². The number of carboxylic acid groups (broad SMARTS) is 1. The van der Waals surface area contributed by atoms with Crippen molar-refractivity contribution in [2.45, 2.75) is 195 Å². The number of methoxy groups -OCH3 is 1. The normalized spacial score (nSPS) is 38.2. The second-order valence-electron chi connectivity index (χ2n) is 23.0. The van der Waals surface area contributed by atoms with Gasteiger partial charge < -0.3 is 83.1 Å². The van der Waals surface area contributed by atoms with Crippen molar-refractivity contribution in [1.82, 2.24) is 14.4 Å². The number of nitrogens with zero attached hydrogens (tertiary/aromatic N) is 3. The topological polar surface area (TPSA) is 267 Å². The molecule has 1 aliphatic carbocycles. The van der Waals surface area contributed by atoms with Crippen molar-refractivity contribution in [2.24, 2.45) is 17.8 Å². The number of hydrogen-bond acceptors (Lipinski definition) is 19. The first-order valence-electron chi connectivity index (χ1n) is 26.7. The molecule has 23 heteroatoms. The van der Waals surface area contributed by atoms with Gasteiger partial charge in [-0.2, -0.15) is 0 Å². The smallest absolute Gasteiger partial charge is 0.341 e. The van der Waals surface area contributed by atoms with Gasteiger partial charge in [0.15, 0.2) is 22.8 Å². The van der Waals surface area contributed by atoms with E-state index in [2.05, 4.69) is 5.32 Å². The van der Waals surface area contributed by atoms with Crippen LogP contribution in [-0.2, 0) is 47.5 Å². The van der Waals surface area contributed by atoms with E-state index < -0.39 is 123 Å². The number of anilines is 1. The van der Waals surface area contributed by atoms with E-state index in [-0.39, 0.29) is 74.2 Å². The summed E-state index contributed by atoms with van der Waals surface area (Å²) in [5, 5.41) is 60.2. The molecule has 18 atom stereocenters. The first-order valence-corrected chi connectivity index (χ1v) is 28.0. The number of carboxylic acids is 1. The van der Waals surface area contributed by atoms with E-state index in [0.717, 1.165) is 18.9 Å². The zero-order valence-corrected chi connectivity index (χ0v) is 48.9. The molecule has 4 heterocycles. The molecule has 3 saturated heterocycles. The summed E-state index contributed by atoms with van der Waals surface area (Å²) in [6, 6.07) is 1.59. The molecule has 0 radical (unpaired) electrons. The summed E-state index contributed by atoms with van der Waals surface area (Å²) in [4.78, 5) is 56.2. The molecule has 1 aromatic heterocycles. The molecule has 0 bridgehead atoms. The lowest BCUT2D eigenvalue weighted by molar-refractivity contribution is -0.318. The van der Waals surface area contributed by atoms with Crippen molar-refractivity contribution in [3.63, 3.8) is 0 Å². The van der Waals surface area contributed by atoms with Crippen molar-refractivity contribution < 1.29 is 82.2 Å². The van der Waals surface area contributed by atoms with Crippen molar-refractivity contribution in [3.8, 4) is 0 Å². The summed E-state index contributed by atoms with van der Waals surface area (Å²) >= 11 is 1.80. The molecule has 0 amide bonds. The number of fused-ring (bicyclic) bond motifs is 1. The van der Waals surface area contributed by atoms with E-state index in [9.17, 15) is 44.7 Å². The van der Waals surface area contributed by atoms with Crippen LogP contribution in [0, 0.1) is 23.6 Å². The van der Waals surface area contributed by atoms with Crippen LogP contribution in [0.3, 0.4) is 0 Å². The Kier molecular flexibility index (Phi) is 21.1. The molecule has 4 aliphatic rings. The van der Waals surface area contributed by atoms with Gasteiger partial charge in [-0.3, -0.25) is 14.4 Å². The molecule has 2 aromatic rings. The van der Waals surface area contributed by atoms with Crippen LogP contribution in [0.25, 0.3) is 10.9 Å². The number of aliphatic hydroxyl groups is 4. The third-order valence-corrected chi connectivity index (χ3v) is 17.6. The van der Waals surface area contributed by atoms with Crippen LogP contribution in [-0.4, -0.2) is 201 Å². The number of carbonyl (C=O) groups excluding carboxylic acids is 2. The van der Waals surface area contributed by atoms with Gasteiger partial charge in [0, 0.05) is 62.2 Å². The summed E-state index contributed by atoms with van der Waals surface area (Å²) < 4.78 is 65.8. The van der Waals surface area contributed by atoms with Crippen LogP contribution in [0.5, 0.6) is 0 Å². The number of rotatable bonds is 16. The summed E-state index contributed by atoms with van der Waals surface area (Å²) in [6.07, 6.45) is -5.74. The minimum atomic E-state index is -1.90. The first-order chi connectivity index (χ1) is 35.9. The first kappa shape index (κ1) is 63.0. The number of hydrogen-bond donors (Lipinski definition) is 6. The summed E-state index contributed by atoms with van der Waals surface area (Å²) in [7, 11) is 6.98. The van der Waals surface area contributed by atoms with Gasteiger partial charge in [0.2, 0.25) is 5.43 Å². The Labute approximate surface area is 464 Å². The number of carbonyl (C=O) groups is 3. The van der Waals surface area contributed by atoms with Gasteiger partial charge in [0.1, 0.15) is 34.8 Å². The molecule has 436 valence electrons. The van der Waals surface area contributed by atoms with Crippen LogP contribution >= 0.6 is 22.6 Å². The van der Waals surface area contributed by atoms with Crippen molar-refractivity contribution in [1.29, 1.82) is 0 Å². The molecule has 6 rings (SSSR count). The quantitative estimate of drug-likeness (QED) is 0.0587. The van der Waals surface area contributed by atoms with Crippen LogP contribution in [0.2, 0.25) is 0 Å². The Morgan fingerprint density at radius 2 is 1.65 bits per heavy atom. The van der Waals surface area contributed by atoms with E-state index in [1.165, 1.54) is 26.3 Å². The molecule has 3 aliphatic heterocycles. The average molecular weight is 1210 g/mol. The third-order valence-electron chi connectivity index (χ3n) is 16.1. The van der Waals surface area contributed by atoms with Gasteiger partial charge in [-0.15, -0.1) is 0 Å². The van der Waals surface area contributed by atoms with Crippen molar-refractivity contribution in [2.75, 3.05) is 59.9 Å². The average Bonchev–Trinajstić information content (AvgIpc) is 4.20. The van der Waals surface area contributed by atoms with Crippen LogP contribution < -0.4 is 10.7 Å². The SMILES string of the molecule is CO[C@]1(C)C[C@H](O[C@H]2[C@H](C)[C@@H](O[C@@H]3O[C@H](C)C[C@H](N(C)C)[C@H]3O)[C@](C)(O)C[C@@H](C)CN(C)[C@H](C)[C@@H](O)[C@](C)(O)[C@@H](I)OC(=O)[C@@H]2C)O[C@@H](C)[C@@H]1OC(=O)CCOCCNc1cc2c(cc1F)c(=O)c(C(=O)O)cn2C1CC1. The lowest BCUT2D eigenvalue weighted by Crippen LogP contribution is -2.61. The van der Waals surface area contributed by atoms with Gasteiger partial charge in [0.05, 0.1) is 66.8 Å². The number of aliphatic hydroxyl groups excluding tert-OH is 2. The second-order valence-corrected chi connectivity index (χ2v) is 24.1. The third kappa shape index (κ3) is 14.7. The maximum atomic E-state index is 15.2. The number of esters is 2. The van der Waals surface area contributed by atoms with Gasteiger partial charge in [-0.1, -0.05) is 13.8 Å². The van der Waals surface area contributed by atoms with Crippen molar-refractivity contribution >= 4 is 57.1 Å². The van der Waals surface area contributed by atoms with E-state index in [4.69, 9.17) is 37.9 Å². The largest absolute Gasteiger partial charge is 0.477 e. The maximum Gasteiger partial charge on any atom is 0.341 e. The number of pyridine rings is 1. The number of benzene rings is 1. The molecule has 1 saturated carbocycles. The predicted molar refractivity (Wildman–Crippen MR) is 289 cm³/mol. The van der Waals surface area contributed by atoms with Crippen LogP contribution in [0.1, 0.15) is 117 Å². The van der Waals surface area contributed by atoms with Gasteiger partial charge in [0.25, 0.3) is 0 Å². The number of nitrogens with one attached hydrogen (secondary N) is 1. The van der Waals surface area contributed by atoms with Gasteiger partial charge in [-0.05, 0) is 136 Å². The van der Waals surface area contributed by atoms with E-state index in [1.807, 2.05) is 37.7 Å². The molecule has 0 spiro atoms. The number of halogens is 2. The minimum Gasteiger partial charge on any atom is -0.477 e. The summed E-state index contributed by atoms with van der Waals surface area (Å²) in [5.74, 6) is -5.72. The highest BCUT2D eigenvalue weighted by Gasteiger charge is 2.54. The predicted octanol–water partition coefficient (Wildman–Crippen LogP) is 4.44. The Morgan fingerprint density at radius 3 is 2.27 bits per heavy atom. The maximum absolute atomic E-state index is 15.2. The molecule has 6 N–H and O–H groups in total. The lowest BCUT2D eigenvalue weighted by Gasteiger charge is -2.49. The number of cyclic esters (lactones) is 1. The molecule has 1 aromatic carbocycles. The lowest BCUT2D eigenvalue weighted by atomic mass is 9.77. The number of alkyl halides is 1. The number of likely N-dealkylation sites (N-methyl/N-ethyl adjacent to an activating group) is 2. The number of aromatic nitrogens is 1. The molecular weight excluding hydrogens is 1120 g/mol. The monoisotopic (exact) mass is 1210 g/mol. The Morgan fingerprint density at radius 1 is 0.974 bits per heavy atom. The Bertz CT molecular complexity index is 2430. The minimum absolute atomic E-state index is 0.00670. The molecule has 0 unspecified atom stereocenters. The zero-order valence-electron chi connectivity index (χ0n) is 46.8. The van der Waals surface area contributed by atoms with Crippen LogP contribution in [0.15, 0.2) is 23.1 Å². The Balaban J connectivity index is 1.16. The number of aromatic carboxylic acids is 1. The highest BCUT2D eigenvalue weighted by molar-refractivity contribution is 14.1. The highest BCUT2D eigenvalue weighted by atomic mass is 127. The zero-order chi connectivity index (χ0) is 57.2. The molecular formula is C54H84FIN4O17. The highest BCUT2D eigenvalue weighted by Crippen LogP contribution is 2.42. The fraction of sp³-hybridized carbons (Fsp3) is 0.778. The molecule has 77 heavy (non-hydrogen) atoms. The second kappa shape index (κ2) is 25.7. The standard InChI is InChI=1S/C54H84FIN4O17/c1-27-23-52(7,68)46(76-50-43(63)39(58(10)11)20-28(2)72-50)29(3)44(30(4)49(67)77-51(56)54(9,69)45(64)31(5)59(12)25-27)75-41-24-53(8,70-13)47(32(6)73-41)74-40(61)16-18-71-19-17-57-37-22-38-34(21-36(37)55)42(62)35(48(65)66)26-60(38)33-14-15-33/h21-22,26-33,39,41,43-47,50-51,57,63-64,68-69H,14-20,23-25H2,1-13H3,(H,65,66)/t27-,28-,29+,30-,31-,32+,39+,41+,43-,44+,45-,46-,47+,50+,51+,52-,53-,54+/m1/s1. The van der Waals surface area contributed by atoms with Crippen molar-refractivity contribution in [3.05, 3.63) is 39.9 Å². The molecule has 4 fully saturated rings. The Hall–Kier alpha value is -3.18. The van der Waals surface area contributed by atoms with Gasteiger partial charge in [-0.25, -0.2) is 9.18 Å². The summed E-state index contributed by atoms with van der Waals surface area (Å²) in [6.45, 7) is 16.0.